The van der Waals surface area contributed by atoms with Gasteiger partial charge >= 0.3 is 11.9 Å². The molecule has 2 N–H and O–H groups in total. The quantitative estimate of drug-likeness (QED) is 0.454. The van der Waals surface area contributed by atoms with Gasteiger partial charge in [-0.3, -0.25) is 0 Å². The zero-order chi connectivity index (χ0) is 24.0. The van der Waals surface area contributed by atoms with E-state index in [2.05, 4.69) is 41.5 Å². The van der Waals surface area contributed by atoms with Gasteiger partial charge in [0, 0.05) is 11.1 Å². The minimum atomic E-state index is -0.786. The van der Waals surface area contributed by atoms with Crippen molar-refractivity contribution >= 4 is 11.9 Å². The van der Waals surface area contributed by atoms with Crippen LogP contribution in [0.3, 0.4) is 0 Å². The molecule has 0 aliphatic heterocycles. The highest BCUT2D eigenvalue weighted by atomic mass is 16.4. The van der Waals surface area contributed by atoms with E-state index in [0.717, 1.165) is 31.6 Å². The summed E-state index contributed by atoms with van der Waals surface area (Å²) in [5.41, 5.74) is 1.75. The molecule has 2 aliphatic rings. The molecule has 2 aliphatic carbocycles. The van der Waals surface area contributed by atoms with Crippen LogP contribution < -0.4 is 0 Å². The first-order chi connectivity index (χ1) is 14.1. The van der Waals surface area contributed by atoms with Crippen molar-refractivity contribution in [1.29, 1.82) is 0 Å². The molecule has 2 rings (SSSR count). The summed E-state index contributed by atoms with van der Waals surface area (Å²) in [5.74, 6) is 0.859. The molecule has 0 spiro atoms. The number of carboxylic acids is 2. The van der Waals surface area contributed by atoms with Crippen molar-refractivity contribution in [3.63, 3.8) is 0 Å². The van der Waals surface area contributed by atoms with Crippen LogP contribution in [0.25, 0.3) is 0 Å². The van der Waals surface area contributed by atoms with Crippen LogP contribution in [0.4, 0.5) is 0 Å². The lowest BCUT2D eigenvalue weighted by Crippen LogP contribution is -2.27. The second-order valence-corrected chi connectivity index (χ2v) is 12.0. The molecular formula is C27H46O4. The SMILES string of the molecule is CC(=CC1CC(C)CC(C)(C)C1)C(=O)O.CC(=CC1CCC(C(C)(C)C)CC1)C(=O)O. The molecule has 0 bridgehead atoms. The van der Waals surface area contributed by atoms with Crippen molar-refractivity contribution in [3.05, 3.63) is 23.3 Å². The van der Waals surface area contributed by atoms with Gasteiger partial charge in [-0.1, -0.05) is 53.7 Å². The summed E-state index contributed by atoms with van der Waals surface area (Å²) >= 11 is 0. The van der Waals surface area contributed by atoms with Crippen LogP contribution in [0, 0.1) is 34.5 Å². The summed E-state index contributed by atoms with van der Waals surface area (Å²) in [6, 6.07) is 0. The maximum atomic E-state index is 10.7. The predicted octanol–water partition coefficient (Wildman–Crippen LogP) is 7.35. The van der Waals surface area contributed by atoms with Crippen molar-refractivity contribution in [3.8, 4) is 0 Å². The van der Waals surface area contributed by atoms with E-state index in [0.29, 0.717) is 39.7 Å². The Morgan fingerprint density at radius 1 is 0.839 bits per heavy atom. The Bertz CT molecular complexity index is 670. The van der Waals surface area contributed by atoms with Gasteiger partial charge in [0.2, 0.25) is 0 Å². The van der Waals surface area contributed by atoms with E-state index in [1.165, 1.54) is 19.3 Å². The highest BCUT2D eigenvalue weighted by Crippen LogP contribution is 2.42. The van der Waals surface area contributed by atoms with Gasteiger partial charge in [-0.2, -0.15) is 0 Å². The molecule has 2 saturated carbocycles. The molecule has 4 nitrogen and oxygen atoms in total. The molecule has 0 aromatic heterocycles. The van der Waals surface area contributed by atoms with Gasteiger partial charge < -0.3 is 10.2 Å². The summed E-state index contributed by atoms with van der Waals surface area (Å²) in [6.07, 6.45) is 12.1. The summed E-state index contributed by atoms with van der Waals surface area (Å²) in [4.78, 5) is 21.5. The van der Waals surface area contributed by atoms with Crippen molar-refractivity contribution in [1.82, 2.24) is 0 Å². The van der Waals surface area contributed by atoms with Gasteiger partial charge in [-0.25, -0.2) is 9.59 Å². The van der Waals surface area contributed by atoms with Crippen LogP contribution in [0.15, 0.2) is 23.3 Å². The minimum absolute atomic E-state index is 0.359. The average molecular weight is 435 g/mol. The maximum Gasteiger partial charge on any atom is 0.330 e. The monoisotopic (exact) mass is 434 g/mol. The van der Waals surface area contributed by atoms with E-state index in [-0.39, 0.29) is 0 Å². The molecule has 0 radical (unpaired) electrons. The van der Waals surface area contributed by atoms with E-state index >= 15 is 0 Å². The molecule has 178 valence electrons. The van der Waals surface area contributed by atoms with Crippen LogP contribution in [-0.4, -0.2) is 22.2 Å². The number of hydrogen-bond donors (Lipinski definition) is 2. The summed E-state index contributed by atoms with van der Waals surface area (Å²) in [6.45, 7) is 17.1. The zero-order valence-corrected chi connectivity index (χ0v) is 21.1. The second kappa shape index (κ2) is 11.3. The summed E-state index contributed by atoms with van der Waals surface area (Å²) < 4.78 is 0. The third-order valence-corrected chi connectivity index (χ3v) is 7.06. The molecule has 2 fully saturated rings. The number of aliphatic carboxylic acids is 2. The van der Waals surface area contributed by atoms with Crippen LogP contribution in [-0.2, 0) is 9.59 Å². The molecule has 2 atom stereocenters. The van der Waals surface area contributed by atoms with Gasteiger partial charge in [-0.15, -0.1) is 0 Å². The number of carboxylic acid groups (broad SMARTS) is 2. The van der Waals surface area contributed by atoms with Gasteiger partial charge in [0.15, 0.2) is 0 Å². The van der Waals surface area contributed by atoms with Gasteiger partial charge in [0.1, 0.15) is 0 Å². The smallest absolute Gasteiger partial charge is 0.330 e. The molecule has 0 aromatic carbocycles. The van der Waals surface area contributed by atoms with E-state index in [1.807, 2.05) is 12.2 Å². The van der Waals surface area contributed by atoms with Crippen LogP contribution in [0.1, 0.15) is 100 Å². The Morgan fingerprint density at radius 3 is 1.68 bits per heavy atom. The minimum Gasteiger partial charge on any atom is -0.478 e. The highest BCUT2D eigenvalue weighted by Gasteiger charge is 2.31. The van der Waals surface area contributed by atoms with E-state index in [9.17, 15) is 9.59 Å². The van der Waals surface area contributed by atoms with Gasteiger partial charge in [0.25, 0.3) is 0 Å². The molecule has 0 heterocycles. The van der Waals surface area contributed by atoms with Gasteiger partial charge in [0.05, 0.1) is 0 Å². The standard InChI is InChI=1S/C14H24O2.C13H22O2/c1-10(13(15)16)9-11-5-7-12(8-6-11)14(2,3)4;1-9-5-11(6-10(2)12(14)15)8-13(3,4)7-9/h9,11-12H,5-8H2,1-4H3,(H,15,16);6,9,11H,5,7-8H2,1-4H3,(H,14,15). The van der Waals surface area contributed by atoms with E-state index < -0.39 is 11.9 Å². The normalized spacial score (nSPS) is 29.5. The molecule has 0 amide bonds. The van der Waals surface area contributed by atoms with Crippen LogP contribution in [0.2, 0.25) is 0 Å². The maximum absolute atomic E-state index is 10.7. The third kappa shape index (κ3) is 10.1. The predicted molar refractivity (Wildman–Crippen MR) is 128 cm³/mol. The number of rotatable bonds is 4. The highest BCUT2D eigenvalue weighted by molar-refractivity contribution is 5.86. The second-order valence-electron chi connectivity index (χ2n) is 12.0. The Kier molecular flexibility index (Phi) is 10.0. The molecule has 0 aromatic rings. The number of hydrogen-bond acceptors (Lipinski definition) is 2. The topological polar surface area (TPSA) is 74.6 Å². The Labute approximate surface area is 190 Å². The zero-order valence-electron chi connectivity index (χ0n) is 21.1. The van der Waals surface area contributed by atoms with Crippen LogP contribution in [0.5, 0.6) is 0 Å². The van der Waals surface area contributed by atoms with Crippen molar-refractivity contribution in [2.75, 3.05) is 0 Å². The van der Waals surface area contributed by atoms with Crippen molar-refractivity contribution in [2.45, 2.75) is 100 Å². The Morgan fingerprint density at radius 2 is 1.29 bits per heavy atom. The van der Waals surface area contributed by atoms with Crippen molar-refractivity contribution < 1.29 is 19.8 Å². The molecule has 0 saturated heterocycles. The Balaban J connectivity index is 0.000000311. The fourth-order valence-corrected chi connectivity index (χ4v) is 5.55. The lowest BCUT2D eigenvalue weighted by atomic mass is 9.68. The molecule has 31 heavy (non-hydrogen) atoms. The largest absolute Gasteiger partial charge is 0.478 e. The first-order valence-corrected chi connectivity index (χ1v) is 11.9. The lowest BCUT2D eigenvalue weighted by Gasteiger charge is -2.38. The summed E-state index contributed by atoms with van der Waals surface area (Å²) in [5, 5.41) is 17.7. The van der Waals surface area contributed by atoms with Crippen LogP contribution >= 0.6 is 0 Å². The third-order valence-electron chi connectivity index (χ3n) is 7.06. The average Bonchev–Trinajstić information content (AvgIpc) is 2.59. The fraction of sp³-hybridized carbons (Fsp3) is 0.778. The fourth-order valence-electron chi connectivity index (χ4n) is 5.55. The van der Waals surface area contributed by atoms with Crippen molar-refractivity contribution in [2.24, 2.45) is 34.5 Å². The van der Waals surface area contributed by atoms with E-state index in [4.69, 9.17) is 10.2 Å². The number of carbonyl (C=O) groups is 2. The first-order valence-electron chi connectivity index (χ1n) is 11.9. The lowest BCUT2D eigenvalue weighted by molar-refractivity contribution is -0.133. The molecular weight excluding hydrogens is 388 g/mol. The molecule has 4 heteroatoms. The summed E-state index contributed by atoms with van der Waals surface area (Å²) in [7, 11) is 0. The van der Waals surface area contributed by atoms with Gasteiger partial charge in [-0.05, 0) is 93.3 Å². The van der Waals surface area contributed by atoms with E-state index in [1.54, 1.807) is 13.8 Å². The first kappa shape index (κ1) is 27.5. The number of allylic oxidation sites excluding steroid dienone is 2. The Hall–Kier alpha value is -1.58. The molecule has 2 unspecified atom stereocenters.